The van der Waals surface area contributed by atoms with Gasteiger partial charge in [0.2, 0.25) is 5.91 Å². The Morgan fingerprint density at radius 3 is 2.84 bits per heavy atom. The molecule has 0 bridgehead atoms. The lowest BCUT2D eigenvalue weighted by atomic mass is 10.1. The van der Waals surface area contributed by atoms with Crippen molar-refractivity contribution < 1.29 is 4.79 Å². The predicted molar refractivity (Wildman–Crippen MR) is 113 cm³/mol. The first-order chi connectivity index (χ1) is 15.0. The van der Waals surface area contributed by atoms with Crippen LogP contribution in [0.4, 0.5) is 0 Å². The summed E-state index contributed by atoms with van der Waals surface area (Å²) in [6.45, 7) is 4.93. The number of nitriles is 1. The molecule has 31 heavy (non-hydrogen) atoms. The summed E-state index contributed by atoms with van der Waals surface area (Å²) in [6.07, 6.45) is 5.60. The van der Waals surface area contributed by atoms with E-state index in [1.165, 1.54) is 12.5 Å². The van der Waals surface area contributed by atoms with E-state index in [9.17, 15) is 10.1 Å². The maximum absolute atomic E-state index is 12.4. The van der Waals surface area contributed by atoms with Crippen LogP contribution in [-0.4, -0.2) is 35.3 Å². The van der Waals surface area contributed by atoms with Gasteiger partial charge >= 0.3 is 0 Å². The number of aromatic nitrogens is 6. The summed E-state index contributed by atoms with van der Waals surface area (Å²) in [5.74, 6) is -0.0289. The molecule has 0 spiro atoms. The van der Waals surface area contributed by atoms with Gasteiger partial charge in [-0.15, -0.1) is 0 Å². The predicted octanol–water partition coefficient (Wildman–Crippen LogP) is 2.11. The van der Waals surface area contributed by atoms with E-state index in [0.29, 0.717) is 37.1 Å². The second kappa shape index (κ2) is 8.75. The van der Waals surface area contributed by atoms with Crippen molar-refractivity contribution in [3.8, 4) is 6.07 Å². The standard InChI is InChI=1S/C22H22N8O/c1-15-20(16(2)30-22(28-15)19(9-23)11-26-30)6-7-21(31)25-10-17-4-3-5-18(8-17)12-29-14-24-13-27-29/h3-5,8,11,13-14H,6-7,10,12H2,1-2H3,(H,25,31). The molecule has 0 aliphatic heterocycles. The number of hydrogen-bond acceptors (Lipinski definition) is 6. The molecule has 0 atom stereocenters. The highest BCUT2D eigenvalue weighted by molar-refractivity contribution is 5.76. The third-order valence-electron chi connectivity index (χ3n) is 5.22. The summed E-state index contributed by atoms with van der Waals surface area (Å²) >= 11 is 0. The number of aryl methyl sites for hydroxylation is 2. The monoisotopic (exact) mass is 414 g/mol. The van der Waals surface area contributed by atoms with Crippen LogP contribution in [0, 0.1) is 25.2 Å². The maximum atomic E-state index is 12.4. The van der Waals surface area contributed by atoms with Crippen molar-refractivity contribution in [1.82, 2.24) is 34.7 Å². The van der Waals surface area contributed by atoms with Gasteiger partial charge in [0.25, 0.3) is 0 Å². The van der Waals surface area contributed by atoms with Gasteiger partial charge in [-0.05, 0) is 37.0 Å². The molecule has 156 valence electrons. The van der Waals surface area contributed by atoms with Gasteiger partial charge < -0.3 is 5.32 Å². The number of nitrogens with zero attached hydrogens (tertiary/aromatic N) is 7. The van der Waals surface area contributed by atoms with E-state index in [-0.39, 0.29) is 5.91 Å². The van der Waals surface area contributed by atoms with Gasteiger partial charge in [0.1, 0.15) is 24.3 Å². The third-order valence-corrected chi connectivity index (χ3v) is 5.22. The second-order valence-corrected chi connectivity index (χ2v) is 7.36. The van der Waals surface area contributed by atoms with Gasteiger partial charge in [-0.3, -0.25) is 4.79 Å². The largest absolute Gasteiger partial charge is 0.352 e. The summed E-state index contributed by atoms with van der Waals surface area (Å²) in [5, 5.41) is 20.5. The topological polar surface area (TPSA) is 114 Å². The number of carbonyl (C=O) groups is 1. The Bertz CT molecular complexity index is 1270. The molecule has 9 heteroatoms. The average Bonchev–Trinajstić information content (AvgIpc) is 3.42. The Kier molecular flexibility index (Phi) is 5.71. The van der Waals surface area contributed by atoms with Gasteiger partial charge in [0, 0.05) is 24.4 Å². The molecule has 0 aliphatic rings. The molecule has 1 aromatic carbocycles. The van der Waals surface area contributed by atoms with Crippen LogP contribution in [0.3, 0.4) is 0 Å². The highest BCUT2D eigenvalue weighted by Crippen LogP contribution is 2.18. The minimum absolute atomic E-state index is 0.0289. The van der Waals surface area contributed by atoms with E-state index in [4.69, 9.17) is 0 Å². The molecule has 3 heterocycles. The highest BCUT2D eigenvalue weighted by Gasteiger charge is 2.14. The van der Waals surface area contributed by atoms with E-state index in [2.05, 4.69) is 37.6 Å². The van der Waals surface area contributed by atoms with E-state index in [1.54, 1.807) is 15.5 Å². The summed E-state index contributed by atoms with van der Waals surface area (Å²) in [5.41, 5.74) is 5.82. The van der Waals surface area contributed by atoms with Crippen LogP contribution in [0.5, 0.6) is 0 Å². The van der Waals surface area contributed by atoms with Crippen LogP contribution in [-0.2, 0) is 24.3 Å². The molecule has 0 saturated heterocycles. The zero-order chi connectivity index (χ0) is 21.8. The minimum atomic E-state index is -0.0289. The van der Waals surface area contributed by atoms with Crippen LogP contribution in [0.25, 0.3) is 5.65 Å². The Hall–Kier alpha value is -4.06. The van der Waals surface area contributed by atoms with E-state index in [1.807, 2.05) is 32.0 Å². The summed E-state index contributed by atoms with van der Waals surface area (Å²) < 4.78 is 3.42. The lowest BCUT2D eigenvalue weighted by molar-refractivity contribution is -0.121. The number of carbonyl (C=O) groups excluding carboxylic acids is 1. The van der Waals surface area contributed by atoms with Gasteiger partial charge in [-0.1, -0.05) is 24.3 Å². The van der Waals surface area contributed by atoms with Crippen molar-refractivity contribution in [3.63, 3.8) is 0 Å². The fraction of sp³-hybridized carbons (Fsp3) is 0.273. The number of amides is 1. The first-order valence-corrected chi connectivity index (χ1v) is 9.96. The molecule has 0 aliphatic carbocycles. The van der Waals surface area contributed by atoms with Crippen molar-refractivity contribution in [2.24, 2.45) is 0 Å². The molecule has 4 aromatic rings. The fourth-order valence-electron chi connectivity index (χ4n) is 3.62. The van der Waals surface area contributed by atoms with Crippen LogP contribution < -0.4 is 5.32 Å². The second-order valence-electron chi connectivity index (χ2n) is 7.36. The van der Waals surface area contributed by atoms with Gasteiger partial charge in [0.15, 0.2) is 5.65 Å². The van der Waals surface area contributed by atoms with Crippen molar-refractivity contribution in [1.29, 1.82) is 5.26 Å². The SMILES string of the molecule is Cc1nc2c(C#N)cnn2c(C)c1CCC(=O)NCc1cccc(Cn2cncn2)c1. The van der Waals surface area contributed by atoms with E-state index >= 15 is 0 Å². The molecule has 9 nitrogen and oxygen atoms in total. The molecule has 1 N–H and O–H groups in total. The molecule has 0 unspecified atom stereocenters. The summed E-state index contributed by atoms with van der Waals surface area (Å²) in [4.78, 5) is 20.9. The van der Waals surface area contributed by atoms with Crippen LogP contribution in [0.15, 0.2) is 43.1 Å². The Balaban J connectivity index is 1.36. The van der Waals surface area contributed by atoms with E-state index < -0.39 is 0 Å². The molecular weight excluding hydrogens is 392 g/mol. The Morgan fingerprint density at radius 2 is 2.06 bits per heavy atom. The number of rotatable bonds is 7. The number of benzene rings is 1. The number of hydrogen-bond donors (Lipinski definition) is 1. The molecule has 0 fully saturated rings. The van der Waals surface area contributed by atoms with Crippen molar-refractivity contribution >= 4 is 11.6 Å². The molecule has 3 aromatic heterocycles. The number of nitrogens with one attached hydrogen (secondary N) is 1. The first kappa shape index (κ1) is 20.2. The van der Waals surface area contributed by atoms with Gasteiger partial charge in [-0.25, -0.2) is 19.2 Å². The van der Waals surface area contributed by atoms with Crippen LogP contribution in [0.1, 0.15) is 40.1 Å². The molecule has 1 amide bonds. The Morgan fingerprint density at radius 1 is 1.23 bits per heavy atom. The lowest BCUT2D eigenvalue weighted by Crippen LogP contribution is -2.23. The summed E-state index contributed by atoms with van der Waals surface area (Å²) in [7, 11) is 0. The van der Waals surface area contributed by atoms with E-state index in [0.717, 1.165) is 28.1 Å². The van der Waals surface area contributed by atoms with Gasteiger partial charge in [-0.2, -0.15) is 15.5 Å². The van der Waals surface area contributed by atoms with Crippen LogP contribution in [0.2, 0.25) is 0 Å². The smallest absolute Gasteiger partial charge is 0.220 e. The van der Waals surface area contributed by atoms with Crippen molar-refractivity contribution in [3.05, 3.63) is 76.8 Å². The molecule has 0 saturated carbocycles. The Labute approximate surface area is 179 Å². The molecule has 0 radical (unpaired) electrons. The third kappa shape index (κ3) is 4.43. The van der Waals surface area contributed by atoms with Crippen molar-refractivity contribution in [2.45, 2.75) is 39.8 Å². The minimum Gasteiger partial charge on any atom is -0.352 e. The normalized spacial score (nSPS) is 10.9. The van der Waals surface area contributed by atoms with Crippen molar-refractivity contribution in [2.75, 3.05) is 0 Å². The maximum Gasteiger partial charge on any atom is 0.220 e. The van der Waals surface area contributed by atoms with Crippen LogP contribution >= 0.6 is 0 Å². The zero-order valence-electron chi connectivity index (χ0n) is 17.4. The highest BCUT2D eigenvalue weighted by atomic mass is 16.1. The number of fused-ring (bicyclic) bond motifs is 1. The molecule has 4 rings (SSSR count). The van der Waals surface area contributed by atoms with Gasteiger partial charge in [0.05, 0.1) is 12.7 Å². The fourth-order valence-corrected chi connectivity index (χ4v) is 3.62. The summed E-state index contributed by atoms with van der Waals surface area (Å²) in [6, 6.07) is 10.1. The molecular formula is C22H22N8O. The zero-order valence-corrected chi connectivity index (χ0v) is 17.4. The quantitative estimate of drug-likeness (QED) is 0.495. The lowest BCUT2D eigenvalue weighted by Gasteiger charge is -2.11. The first-order valence-electron chi connectivity index (χ1n) is 9.96. The average molecular weight is 414 g/mol.